The van der Waals surface area contributed by atoms with Crippen LogP contribution in [0.15, 0.2) is 28.0 Å². The monoisotopic (exact) mass is 399 g/mol. The largest absolute Gasteiger partial charge is 0.409 e. The zero-order valence-electron chi connectivity index (χ0n) is 14.1. The molecular formula is C15H18FN5O5S. The number of halogens is 1. The number of sulfone groups is 1. The molecule has 0 radical (unpaired) electrons. The van der Waals surface area contributed by atoms with Gasteiger partial charge in [0, 0.05) is 6.54 Å². The lowest BCUT2D eigenvalue weighted by Crippen LogP contribution is -2.37. The second-order valence-electron chi connectivity index (χ2n) is 5.96. The molecule has 0 fully saturated rings. The van der Waals surface area contributed by atoms with E-state index in [1.54, 1.807) is 6.07 Å². The van der Waals surface area contributed by atoms with Crippen LogP contribution in [0.5, 0.6) is 0 Å². The lowest BCUT2D eigenvalue weighted by atomic mass is 9.83. The quantitative estimate of drug-likeness (QED) is 0.209. The van der Waals surface area contributed by atoms with Crippen molar-refractivity contribution in [3.05, 3.63) is 40.8 Å². The normalized spacial score (nSPS) is 16.5. The number of aromatic nitrogens is 2. The standard InChI is InChI=1S/C15H18FN5O5S/c16-10-2-1-9-7-12(11(9)8-10)18-15(19-23)13-14(21-26-20-13)17-3-5-27(24,25)6-4-22/h1-2,8,12,22-23H,3-7H2,(H,17,21)(H,18,19)/t12-/m0/s1. The first kappa shape index (κ1) is 19.0. The number of hydrogen-bond acceptors (Lipinski definition) is 9. The van der Waals surface area contributed by atoms with Crippen LogP contribution < -0.4 is 10.6 Å². The molecule has 1 atom stereocenters. The van der Waals surface area contributed by atoms with Crippen LogP contribution in [0.4, 0.5) is 10.2 Å². The topological polar surface area (TPSA) is 150 Å². The second-order valence-corrected chi connectivity index (χ2v) is 8.26. The molecule has 0 saturated heterocycles. The molecule has 0 amide bonds. The molecule has 12 heteroatoms. The molecule has 4 N–H and O–H groups in total. The minimum absolute atomic E-state index is 0.000269. The fraction of sp³-hybridized carbons (Fsp3) is 0.400. The lowest BCUT2D eigenvalue weighted by Gasteiger charge is -2.31. The summed E-state index contributed by atoms with van der Waals surface area (Å²) in [6, 6.07) is 4.20. The number of fused-ring (bicyclic) bond motifs is 1. The van der Waals surface area contributed by atoms with E-state index < -0.39 is 16.4 Å². The fourth-order valence-corrected chi connectivity index (χ4v) is 3.63. The number of nitrogens with zero attached hydrogens (tertiary/aromatic N) is 3. The van der Waals surface area contributed by atoms with E-state index in [2.05, 4.69) is 30.7 Å². The summed E-state index contributed by atoms with van der Waals surface area (Å²) in [7, 11) is -3.40. The van der Waals surface area contributed by atoms with Crippen molar-refractivity contribution in [3.8, 4) is 0 Å². The van der Waals surface area contributed by atoms with Crippen molar-refractivity contribution in [2.24, 2.45) is 5.16 Å². The van der Waals surface area contributed by atoms with Gasteiger partial charge in [0.1, 0.15) is 5.82 Å². The molecule has 0 aliphatic heterocycles. The van der Waals surface area contributed by atoms with Gasteiger partial charge in [-0.05, 0) is 40.0 Å². The molecule has 3 rings (SSSR count). The van der Waals surface area contributed by atoms with E-state index in [1.807, 2.05) is 0 Å². The van der Waals surface area contributed by atoms with Gasteiger partial charge in [-0.1, -0.05) is 11.2 Å². The van der Waals surface area contributed by atoms with Gasteiger partial charge in [0.25, 0.3) is 0 Å². The second kappa shape index (κ2) is 7.88. The summed E-state index contributed by atoms with van der Waals surface area (Å²) in [5.74, 6) is -0.877. The van der Waals surface area contributed by atoms with Gasteiger partial charge < -0.3 is 20.9 Å². The van der Waals surface area contributed by atoms with Crippen LogP contribution in [0.2, 0.25) is 0 Å². The van der Waals surface area contributed by atoms with E-state index in [-0.39, 0.29) is 47.3 Å². The average molecular weight is 399 g/mol. The van der Waals surface area contributed by atoms with Gasteiger partial charge in [0.15, 0.2) is 21.4 Å². The molecule has 1 heterocycles. The van der Waals surface area contributed by atoms with Gasteiger partial charge in [0.05, 0.1) is 24.2 Å². The molecule has 1 aromatic carbocycles. The summed E-state index contributed by atoms with van der Waals surface area (Å²) >= 11 is 0. The molecular weight excluding hydrogens is 381 g/mol. The van der Waals surface area contributed by atoms with Crippen molar-refractivity contribution in [1.82, 2.24) is 15.6 Å². The third kappa shape index (κ3) is 4.34. The Hall–Kier alpha value is -2.73. The molecule has 0 bridgehead atoms. The number of oxime groups is 1. The first-order valence-corrected chi connectivity index (χ1v) is 9.90. The highest BCUT2D eigenvalue weighted by Gasteiger charge is 2.29. The minimum Gasteiger partial charge on any atom is -0.409 e. The van der Waals surface area contributed by atoms with Gasteiger partial charge in [0.2, 0.25) is 5.82 Å². The molecule has 0 saturated carbocycles. The van der Waals surface area contributed by atoms with E-state index in [4.69, 9.17) is 5.11 Å². The van der Waals surface area contributed by atoms with Crippen molar-refractivity contribution in [2.45, 2.75) is 12.5 Å². The Balaban J connectivity index is 1.65. The SMILES string of the molecule is O=S(=O)(CCO)CCNc1nonc1/C(=N\O)N[C@H]1Cc2ccc(F)cc21. The molecule has 1 aromatic heterocycles. The van der Waals surface area contributed by atoms with Gasteiger partial charge in [-0.3, -0.25) is 0 Å². The number of anilines is 1. The summed E-state index contributed by atoms with van der Waals surface area (Å²) < 4.78 is 41.2. The number of hydrogen-bond donors (Lipinski definition) is 4. The smallest absolute Gasteiger partial charge is 0.202 e. The zero-order valence-corrected chi connectivity index (χ0v) is 14.9. The number of benzene rings is 1. The molecule has 1 aliphatic rings. The predicted molar refractivity (Wildman–Crippen MR) is 92.8 cm³/mol. The van der Waals surface area contributed by atoms with E-state index in [1.165, 1.54) is 12.1 Å². The maximum atomic E-state index is 13.4. The highest BCUT2D eigenvalue weighted by molar-refractivity contribution is 7.91. The highest BCUT2D eigenvalue weighted by atomic mass is 32.2. The van der Waals surface area contributed by atoms with Crippen molar-refractivity contribution < 1.29 is 27.8 Å². The highest BCUT2D eigenvalue weighted by Crippen LogP contribution is 2.33. The number of aliphatic hydroxyl groups excluding tert-OH is 1. The zero-order chi connectivity index (χ0) is 19.4. The van der Waals surface area contributed by atoms with Crippen molar-refractivity contribution >= 4 is 21.5 Å². The van der Waals surface area contributed by atoms with E-state index in [9.17, 15) is 18.0 Å². The Morgan fingerprint density at radius 1 is 1.37 bits per heavy atom. The summed E-state index contributed by atoms with van der Waals surface area (Å²) in [4.78, 5) is 0. The Bertz CT molecular complexity index is 946. The van der Waals surface area contributed by atoms with Crippen LogP contribution in [-0.2, 0) is 16.3 Å². The Kier molecular flexibility index (Phi) is 5.56. The van der Waals surface area contributed by atoms with Gasteiger partial charge in [-0.2, -0.15) is 0 Å². The van der Waals surface area contributed by atoms with E-state index in [0.29, 0.717) is 6.42 Å². The van der Waals surface area contributed by atoms with E-state index in [0.717, 1.165) is 11.1 Å². The molecule has 146 valence electrons. The van der Waals surface area contributed by atoms with Crippen molar-refractivity contribution in [1.29, 1.82) is 0 Å². The molecule has 0 spiro atoms. The van der Waals surface area contributed by atoms with Crippen LogP contribution in [0.25, 0.3) is 0 Å². The first-order valence-electron chi connectivity index (χ1n) is 8.08. The molecule has 2 aromatic rings. The first-order chi connectivity index (χ1) is 12.9. The summed E-state index contributed by atoms with van der Waals surface area (Å²) in [5.41, 5.74) is 1.79. The number of aliphatic hydroxyl groups is 1. The molecule has 27 heavy (non-hydrogen) atoms. The fourth-order valence-electron chi connectivity index (χ4n) is 2.74. The summed E-state index contributed by atoms with van der Waals surface area (Å²) in [6.07, 6.45) is 0.613. The van der Waals surface area contributed by atoms with Crippen LogP contribution in [0.3, 0.4) is 0 Å². The van der Waals surface area contributed by atoms with Gasteiger partial charge in [-0.25, -0.2) is 17.4 Å². The number of amidine groups is 1. The van der Waals surface area contributed by atoms with Gasteiger partial charge >= 0.3 is 0 Å². The molecule has 0 unspecified atom stereocenters. The third-order valence-corrected chi connectivity index (χ3v) is 5.77. The van der Waals surface area contributed by atoms with Crippen molar-refractivity contribution in [2.75, 3.05) is 30.0 Å². The average Bonchev–Trinajstić information content (AvgIpc) is 3.06. The Morgan fingerprint density at radius 2 is 2.19 bits per heavy atom. The number of nitrogens with one attached hydrogen (secondary N) is 2. The number of rotatable bonds is 8. The lowest BCUT2D eigenvalue weighted by molar-refractivity contribution is 0.303. The van der Waals surface area contributed by atoms with Crippen molar-refractivity contribution in [3.63, 3.8) is 0 Å². The maximum absolute atomic E-state index is 13.4. The summed E-state index contributed by atoms with van der Waals surface area (Å²) in [6.45, 7) is -0.451. The van der Waals surface area contributed by atoms with Crippen LogP contribution in [0.1, 0.15) is 22.9 Å². The maximum Gasteiger partial charge on any atom is 0.202 e. The molecule has 1 aliphatic carbocycles. The van der Waals surface area contributed by atoms with Gasteiger partial charge in [-0.15, -0.1) is 0 Å². The minimum atomic E-state index is -3.40. The third-order valence-electron chi connectivity index (χ3n) is 4.14. The van der Waals surface area contributed by atoms with Crippen LogP contribution >= 0.6 is 0 Å². The van der Waals surface area contributed by atoms with E-state index >= 15 is 0 Å². The predicted octanol–water partition coefficient (Wildman–Crippen LogP) is 0.0505. The summed E-state index contributed by atoms with van der Waals surface area (Å²) in [5, 5.41) is 34.1. The Morgan fingerprint density at radius 3 is 2.93 bits per heavy atom. The van der Waals surface area contributed by atoms with Crippen LogP contribution in [0, 0.1) is 5.82 Å². The van der Waals surface area contributed by atoms with Crippen LogP contribution in [-0.4, -0.2) is 59.5 Å². The molecule has 10 nitrogen and oxygen atoms in total. The Labute approximate surface area is 154 Å².